The predicted molar refractivity (Wildman–Crippen MR) is 56.6 cm³/mol. The molecule has 15 heavy (non-hydrogen) atoms. The molecule has 2 aromatic heterocycles. The Morgan fingerprint density at radius 1 is 1.27 bits per heavy atom. The third-order valence-corrected chi connectivity index (χ3v) is 2.07. The van der Waals surface area contributed by atoms with Crippen LogP contribution >= 0.6 is 0 Å². The highest BCUT2D eigenvalue weighted by molar-refractivity contribution is 5.17. The maximum Gasteiger partial charge on any atom is 0.250 e. The Labute approximate surface area is 87.0 Å². The van der Waals surface area contributed by atoms with E-state index in [0.29, 0.717) is 12.2 Å². The highest BCUT2D eigenvalue weighted by Crippen LogP contribution is 2.03. The summed E-state index contributed by atoms with van der Waals surface area (Å²) in [5.41, 5.74) is 1.89. The van der Waals surface area contributed by atoms with Gasteiger partial charge in [-0.3, -0.25) is 9.78 Å². The molecule has 76 valence electrons. The van der Waals surface area contributed by atoms with Gasteiger partial charge < -0.3 is 4.98 Å². The number of pyridine rings is 1. The summed E-state index contributed by atoms with van der Waals surface area (Å²) in [6, 6.07) is 5.32. The van der Waals surface area contributed by atoms with Crippen molar-refractivity contribution in [3.63, 3.8) is 0 Å². The van der Waals surface area contributed by atoms with Crippen LogP contribution in [0, 0.1) is 6.92 Å². The molecule has 0 amide bonds. The molecule has 4 heteroatoms. The van der Waals surface area contributed by atoms with E-state index in [1.54, 1.807) is 6.20 Å². The third kappa shape index (κ3) is 2.49. The molecule has 0 aliphatic heterocycles. The number of hydrogen-bond acceptors (Lipinski definition) is 3. The molecule has 0 spiro atoms. The first-order valence-corrected chi connectivity index (χ1v) is 4.70. The first kappa shape index (κ1) is 9.58. The van der Waals surface area contributed by atoms with Gasteiger partial charge in [0.15, 0.2) is 0 Å². The molecule has 2 heterocycles. The monoisotopic (exact) mass is 201 g/mol. The Morgan fingerprint density at radius 3 is 2.80 bits per heavy atom. The van der Waals surface area contributed by atoms with Crippen molar-refractivity contribution in [3.8, 4) is 0 Å². The van der Waals surface area contributed by atoms with Crippen LogP contribution in [0.2, 0.25) is 0 Å². The van der Waals surface area contributed by atoms with Crippen molar-refractivity contribution in [3.05, 3.63) is 58.0 Å². The number of aromatic nitrogens is 3. The molecule has 0 saturated carbocycles. The molecule has 0 radical (unpaired) electrons. The van der Waals surface area contributed by atoms with Crippen molar-refractivity contribution < 1.29 is 0 Å². The molecule has 0 saturated heterocycles. The van der Waals surface area contributed by atoms with Crippen molar-refractivity contribution >= 4 is 0 Å². The lowest BCUT2D eigenvalue weighted by Crippen LogP contribution is -2.09. The van der Waals surface area contributed by atoms with Gasteiger partial charge in [-0.05, 0) is 18.6 Å². The molecule has 0 atom stereocenters. The summed E-state index contributed by atoms with van der Waals surface area (Å²) in [5, 5.41) is 0. The average Bonchev–Trinajstić information content (AvgIpc) is 2.22. The lowest BCUT2D eigenvalue weighted by atomic mass is 10.2. The van der Waals surface area contributed by atoms with Gasteiger partial charge in [0, 0.05) is 30.6 Å². The van der Waals surface area contributed by atoms with E-state index in [1.165, 1.54) is 12.3 Å². The van der Waals surface area contributed by atoms with Crippen LogP contribution in [0.1, 0.15) is 17.1 Å². The van der Waals surface area contributed by atoms with E-state index in [-0.39, 0.29) is 5.56 Å². The summed E-state index contributed by atoms with van der Waals surface area (Å²) in [7, 11) is 0. The topological polar surface area (TPSA) is 58.6 Å². The second kappa shape index (κ2) is 4.04. The maximum atomic E-state index is 11.0. The number of H-pyrrole nitrogens is 1. The minimum Gasteiger partial charge on any atom is -0.310 e. The Balaban J connectivity index is 2.22. The third-order valence-electron chi connectivity index (χ3n) is 2.07. The summed E-state index contributed by atoms with van der Waals surface area (Å²) in [4.78, 5) is 22.0. The summed E-state index contributed by atoms with van der Waals surface area (Å²) in [6.07, 6.45) is 3.90. The largest absolute Gasteiger partial charge is 0.310 e. The highest BCUT2D eigenvalue weighted by atomic mass is 16.1. The zero-order valence-corrected chi connectivity index (χ0v) is 8.40. The Morgan fingerprint density at radius 2 is 2.13 bits per heavy atom. The summed E-state index contributed by atoms with van der Waals surface area (Å²) in [5.74, 6) is 0.660. The molecule has 0 fully saturated rings. The van der Waals surface area contributed by atoms with E-state index in [4.69, 9.17) is 0 Å². The fraction of sp³-hybridized carbons (Fsp3) is 0.182. The van der Waals surface area contributed by atoms with Gasteiger partial charge in [-0.25, -0.2) is 4.98 Å². The van der Waals surface area contributed by atoms with Crippen LogP contribution in [0.25, 0.3) is 0 Å². The molecule has 0 unspecified atom stereocenters. The minimum atomic E-state index is -0.125. The quantitative estimate of drug-likeness (QED) is 0.790. The maximum absolute atomic E-state index is 11.0. The van der Waals surface area contributed by atoms with E-state index in [0.717, 1.165) is 11.3 Å². The van der Waals surface area contributed by atoms with Gasteiger partial charge in [-0.15, -0.1) is 0 Å². The first-order chi connectivity index (χ1) is 7.24. The van der Waals surface area contributed by atoms with Gasteiger partial charge >= 0.3 is 0 Å². The lowest BCUT2D eigenvalue weighted by Gasteiger charge is -2.00. The molecule has 0 aliphatic carbocycles. The molecular formula is C11H11N3O. The van der Waals surface area contributed by atoms with Gasteiger partial charge in [-0.1, -0.05) is 6.07 Å². The standard InChI is InChI=1S/C11H11N3O/c1-8-2-3-9(7-13-8)6-10-12-5-4-11(15)14-10/h2-5,7H,6H2,1H3,(H,12,14,15). The van der Waals surface area contributed by atoms with Gasteiger partial charge in [0.25, 0.3) is 5.56 Å². The summed E-state index contributed by atoms with van der Waals surface area (Å²) >= 11 is 0. The molecule has 4 nitrogen and oxygen atoms in total. The molecule has 0 aromatic carbocycles. The number of hydrogen-bond donors (Lipinski definition) is 1. The molecule has 2 aromatic rings. The molecular weight excluding hydrogens is 190 g/mol. The van der Waals surface area contributed by atoms with E-state index in [1.807, 2.05) is 19.1 Å². The van der Waals surface area contributed by atoms with Crippen LogP contribution in [0.15, 0.2) is 35.4 Å². The van der Waals surface area contributed by atoms with E-state index in [2.05, 4.69) is 15.0 Å². The van der Waals surface area contributed by atoms with Gasteiger partial charge in [0.2, 0.25) is 0 Å². The van der Waals surface area contributed by atoms with Crippen LogP contribution in [-0.2, 0) is 6.42 Å². The fourth-order valence-corrected chi connectivity index (χ4v) is 1.30. The van der Waals surface area contributed by atoms with E-state index < -0.39 is 0 Å². The lowest BCUT2D eigenvalue weighted by molar-refractivity contribution is 0.938. The van der Waals surface area contributed by atoms with Crippen LogP contribution in [0.3, 0.4) is 0 Å². The van der Waals surface area contributed by atoms with Crippen molar-refractivity contribution in [1.29, 1.82) is 0 Å². The Bertz CT molecular complexity index is 502. The molecule has 2 rings (SSSR count). The SMILES string of the molecule is Cc1ccc(Cc2nccc(=O)[nH]2)cn1. The second-order valence-electron chi connectivity index (χ2n) is 3.37. The fourth-order valence-electron chi connectivity index (χ4n) is 1.30. The first-order valence-electron chi connectivity index (χ1n) is 4.70. The van der Waals surface area contributed by atoms with Crippen molar-refractivity contribution in [2.75, 3.05) is 0 Å². The summed E-state index contributed by atoms with van der Waals surface area (Å²) < 4.78 is 0. The minimum absolute atomic E-state index is 0.125. The summed E-state index contributed by atoms with van der Waals surface area (Å²) in [6.45, 7) is 1.94. The highest BCUT2D eigenvalue weighted by Gasteiger charge is 1.98. The number of aryl methyl sites for hydroxylation is 1. The van der Waals surface area contributed by atoms with Crippen molar-refractivity contribution in [1.82, 2.24) is 15.0 Å². The zero-order valence-electron chi connectivity index (χ0n) is 8.40. The normalized spacial score (nSPS) is 10.2. The molecule has 0 bridgehead atoms. The number of rotatable bonds is 2. The average molecular weight is 201 g/mol. The van der Waals surface area contributed by atoms with E-state index in [9.17, 15) is 4.79 Å². The number of aromatic amines is 1. The van der Waals surface area contributed by atoms with Gasteiger partial charge in [0.1, 0.15) is 5.82 Å². The number of nitrogens with zero attached hydrogens (tertiary/aromatic N) is 2. The van der Waals surface area contributed by atoms with Crippen LogP contribution in [0.4, 0.5) is 0 Å². The van der Waals surface area contributed by atoms with Gasteiger partial charge in [0.05, 0.1) is 0 Å². The second-order valence-corrected chi connectivity index (χ2v) is 3.37. The smallest absolute Gasteiger partial charge is 0.250 e. The van der Waals surface area contributed by atoms with Crippen LogP contribution in [-0.4, -0.2) is 15.0 Å². The zero-order chi connectivity index (χ0) is 10.7. The van der Waals surface area contributed by atoms with Gasteiger partial charge in [-0.2, -0.15) is 0 Å². The van der Waals surface area contributed by atoms with Crippen molar-refractivity contribution in [2.45, 2.75) is 13.3 Å². The Kier molecular flexibility index (Phi) is 2.58. The Hall–Kier alpha value is -1.97. The van der Waals surface area contributed by atoms with Crippen molar-refractivity contribution in [2.24, 2.45) is 0 Å². The van der Waals surface area contributed by atoms with Crippen LogP contribution < -0.4 is 5.56 Å². The predicted octanol–water partition coefficient (Wildman–Crippen LogP) is 1.06. The number of nitrogens with one attached hydrogen (secondary N) is 1. The van der Waals surface area contributed by atoms with Crippen LogP contribution in [0.5, 0.6) is 0 Å². The molecule has 0 aliphatic rings. The molecule has 1 N–H and O–H groups in total. The van der Waals surface area contributed by atoms with E-state index >= 15 is 0 Å².